The number of fused-ring (bicyclic) bond motifs is 2. The van der Waals surface area contributed by atoms with Gasteiger partial charge in [0.25, 0.3) is 11.8 Å². The monoisotopic (exact) mass is 1000 g/mol. The molecule has 0 aliphatic carbocycles. The van der Waals surface area contributed by atoms with E-state index < -0.39 is 11.7 Å². The number of aromatic nitrogens is 6. The third kappa shape index (κ3) is 11.8. The minimum absolute atomic E-state index is 0. The highest BCUT2D eigenvalue weighted by Crippen LogP contribution is 2.29. The van der Waals surface area contributed by atoms with Crippen LogP contribution < -0.4 is 21.7 Å². The zero-order valence-electron chi connectivity index (χ0n) is 38.5. The maximum atomic E-state index is 13.4. The summed E-state index contributed by atoms with van der Waals surface area (Å²) >= 11 is 0. The van der Waals surface area contributed by atoms with Crippen LogP contribution in [0.15, 0.2) is 170 Å². The molecular weight excluding hydrogens is 958 g/mol. The number of nitrogens with zero attached hydrogens (tertiary/aromatic N) is 5. The summed E-state index contributed by atoms with van der Waals surface area (Å²) in [6.45, 7) is 2.59. The first-order valence-electron chi connectivity index (χ1n) is 22.2. The average Bonchev–Trinajstić information content (AvgIpc) is 4.09. The van der Waals surface area contributed by atoms with Crippen LogP contribution in [0.25, 0.3) is 67.1 Å². The van der Waals surface area contributed by atoms with E-state index in [2.05, 4.69) is 35.2 Å². The third-order valence-electron chi connectivity index (χ3n) is 11.5. The number of carbonyl (C=O) groups is 3. The molecule has 17 heteroatoms. The lowest BCUT2D eigenvalue weighted by Crippen LogP contribution is -2.31. The van der Waals surface area contributed by atoms with Gasteiger partial charge in [-0.25, -0.2) is 18.7 Å². The van der Waals surface area contributed by atoms with Gasteiger partial charge in [-0.1, -0.05) is 60.7 Å². The van der Waals surface area contributed by atoms with Gasteiger partial charge in [0.15, 0.2) is 11.6 Å². The number of hydrogen-bond acceptors (Lipinski definition) is 8. The second-order valence-electron chi connectivity index (χ2n) is 16.3. The van der Waals surface area contributed by atoms with Gasteiger partial charge < -0.3 is 31.7 Å². The van der Waals surface area contributed by atoms with Crippen LogP contribution in [0.2, 0.25) is 0 Å². The van der Waals surface area contributed by atoms with Crippen LogP contribution in [0.4, 0.5) is 20.2 Å². The van der Waals surface area contributed by atoms with Gasteiger partial charge in [-0.05, 0) is 115 Å². The highest BCUT2D eigenvalue weighted by atomic mass is 35.5. The number of hydrogen-bond donors (Lipinski definition) is 5. The number of rotatable bonds is 12. The number of nitrogens with two attached hydrogens (primary N) is 2. The fourth-order valence-corrected chi connectivity index (χ4v) is 7.90. The van der Waals surface area contributed by atoms with Gasteiger partial charge in [0.05, 0.1) is 23.8 Å². The van der Waals surface area contributed by atoms with E-state index in [4.69, 9.17) is 11.5 Å². The largest absolute Gasteiger partial charge is 0.399 e. The highest BCUT2D eigenvalue weighted by Gasteiger charge is 2.20. The predicted molar refractivity (Wildman–Crippen MR) is 283 cm³/mol. The van der Waals surface area contributed by atoms with E-state index >= 15 is 0 Å². The fraction of sp³-hybridized carbons (Fsp3) is 0.0727. The summed E-state index contributed by atoms with van der Waals surface area (Å²) in [5, 5.41) is 7.08. The lowest BCUT2D eigenvalue weighted by Gasteiger charge is -2.21. The number of benzene rings is 6. The molecule has 6 aromatic carbocycles. The molecule has 0 saturated carbocycles. The lowest BCUT2D eigenvalue weighted by atomic mass is 10.0. The first-order valence-corrected chi connectivity index (χ1v) is 22.2. The number of nitrogens with one attached hydrogen (secondary N) is 3. The Bertz CT molecular complexity index is 3550. The zero-order chi connectivity index (χ0) is 48.7. The maximum absolute atomic E-state index is 13.4. The van der Waals surface area contributed by atoms with Gasteiger partial charge in [0.2, 0.25) is 5.91 Å². The molecule has 4 aromatic heterocycles. The Kier molecular flexibility index (Phi) is 16.1. The molecule has 72 heavy (non-hydrogen) atoms. The third-order valence-corrected chi connectivity index (χ3v) is 11.5. The van der Waals surface area contributed by atoms with Gasteiger partial charge >= 0.3 is 0 Å². The number of carbonyl (C=O) groups excluding carboxylic acids is 3. The summed E-state index contributed by atoms with van der Waals surface area (Å²) < 4.78 is 26.4. The molecule has 0 bridgehead atoms. The average molecular weight is 1000 g/mol. The molecule has 7 N–H and O–H groups in total. The minimum atomic E-state index is -0.660. The van der Waals surface area contributed by atoms with E-state index in [0.717, 1.165) is 44.1 Å². The van der Waals surface area contributed by atoms with Crippen molar-refractivity contribution in [3.05, 3.63) is 204 Å². The summed E-state index contributed by atoms with van der Waals surface area (Å²) in [5.41, 5.74) is 18.6. The summed E-state index contributed by atoms with van der Waals surface area (Å²) in [5.74, 6) is -0.722. The molecular formula is C55H46Cl2F2N10O3. The second-order valence-corrected chi connectivity index (χ2v) is 16.3. The van der Waals surface area contributed by atoms with Crippen LogP contribution in [-0.4, -0.2) is 60.7 Å². The number of amides is 3. The van der Waals surface area contributed by atoms with Crippen LogP contribution in [0.3, 0.4) is 0 Å². The van der Waals surface area contributed by atoms with Crippen molar-refractivity contribution in [2.75, 3.05) is 23.7 Å². The Morgan fingerprint density at radius 2 is 1.08 bits per heavy atom. The first-order chi connectivity index (χ1) is 34.0. The Balaban J connectivity index is 0.000000206. The Hall–Kier alpha value is -8.79. The highest BCUT2D eigenvalue weighted by molar-refractivity contribution is 6.08. The van der Waals surface area contributed by atoms with E-state index in [1.807, 2.05) is 73.8 Å². The molecule has 0 aliphatic heterocycles. The number of imidazole rings is 2. The van der Waals surface area contributed by atoms with Crippen molar-refractivity contribution in [1.29, 1.82) is 0 Å². The number of H-pyrrole nitrogens is 2. The lowest BCUT2D eigenvalue weighted by molar-refractivity contribution is 0.0951. The quantitative estimate of drug-likeness (QED) is 0.0744. The van der Waals surface area contributed by atoms with Crippen LogP contribution >= 0.6 is 24.8 Å². The van der Waals surface area contributed by atoms with Crippen molar-refractivity contribution in [2.24, 2.45) is 5.73 Å². The minimum Gasteiger partial charge on any atom is -0.399 e. The molecule has 362 valence electrons. The number of anilines is 2. The topological polar surface area (TPSA) is 202 Å². The predicted octanol–water partition coefficient (Wildman–Crippen LogP) is 11.0. The molecule has 0 saturated heterocycles. The van der Waals surface area contributed by atoms with Gasteiger partial charge in [0.1, 0.15) is 23.0 Å². The number of pyridine rings is 2. The Morgan fingerprint density at radius 1 is 0.583 bits per heavy atom. The molecule has 3 amide bonds. The van der Waals surface area contributed by atoms with Crippen molar-refractivity contribution >= 4 is 75.5 Å². The zero-order valence-corrected chi connectivity index (χ0v) is 40.1. The molecule has 0 radical (unpaired) electrons. The van der Waals surface area contributed by atoms with Crippen molar-refractivity contribution < 1.29 is 23.2 Å². The second kappa shape index (κ2) is 22.8. The summed E-state index contributed by atoms with van der Waals surface area (Å²) in [4.78, 5) is 64.2. The molecule has 0 unspecified atom stereocenters. The van der Waals surface area contributed by atoms with Crippen LogP contribution in [0, 0.1) is 11.6 Å². The van der Waals surface area contributed by atoms with E-state index in [1.165, 1.54) is 47.4 Å². The van der Waals surface area contributed by atoms with Crippen LogP contribution in [-0.2, 0) is 6.42 Å². The molecule has 0 atom stereocenters. The molecule has 10 aromatic rings. The van der Waals surface area contributed by atoms with Crippen molar-refractivity contribution in [3.8, 4) is 45.6 Å². The molecule has 0 aliphatic rings. The summed E-state index contributed by atoms with van der Waals surface area (Å²) in [7, 11) is 0. The normalized spacial score (nSPS) is 10.7. The summed E-state index contributed by atoms with van der Waals surface area (Å²) in [6, 6.07) is 41.7. The standard InChI is InChI=1S/C28H22FN5O2.C27H22FN5O.2ClH/c1-2-34(23-9-7-22(29)8-10-23)28(36)21-12-19(11-20(13-21)26(30)35)25-16-32-27(33-25)24-14-17-5-3-4-6-18(17)15-31-24;28-22-7-5-17(6-8-22)9-10-30-27(34)21-11-20(12-23(29)13-21)25-16-32-26(33-25)24-14-18-3-1-2-4-19(18)15-31-24;;/h3-16H,2H2,1H3,(H2,30,35)(H,32,33);1-8,11-16H,9-10,29H2,(H,30,34)(H,32,33);2*1H. The van der Waals surface area contributed by atoms with Crippen LogP contribution in [0.5, 0.6) is 0 Å². The number of primary amides is 1. The molecule has 0 fully saturated rings. The Morgan fingerprint density at radius 3 is 1.62 bits per heavy atom. The molecule has 10 rings (SSSR count). The molecule has 0 spiro atoms. The van der Waals surface area contributed by atoms with Crippen molar-refractivity contribution in [2.45, 2.75) is 13.3 Å². The maximum Gasteiger partial charge on any atom is 0.258 e. The SMILES string of the molecule is CCN(C(=O)c1cc(C(N)=O)cc(-c2cnc(-c3cc4ccccc4cn3)[nH]2)c1)c1ccc(F)cc1.Cl.Cl.Nc1cc(C(=O)NCCc2ccc(F)cc2)cc(-c2cnc(-c3cc4ccccc4cn3)[nH]2)c1. The van der Waals surface area contributed by atoms with E-state index in [-0.39, 0.29) is 53.6 Å². The van der Waals surface area contributed by atoms with Gasteiger partial charge in [0, 0.05) is 75.4 Å². The van der Waals surface area contributed by atoms with Crippen molar-refractivity contribution in [3.63, 3.8) is 0 Å². The van der Waals surface area contributed by atoms with E-state index in [1.54, 1.807) is 61.1 Å². The first kappa shape index (κ1) is 51.1. The number of aromatic amines is 2. The van der Waals surface area contributed by atoms with Gasteiger partial charge in [-0.3, -0.25) is 24.4 Å². The van der Waals surface area contributed by atoms with Crippen molar-refractivity contribution in [1.82, 2.24) is 35.2 Å². The molecule has 13 nitrogen and oxygen atoms in total. The Labute approximate surface area is 424 Å². The smallest absolute Gasteiger partial charge is 0.258 e. The van der Waals surface area contributed by atoms with E-state index in [0.29, 0.717) is 65.0 Å². The van der Waals surface area contributed by atoms with Gasteiger partial charge in [-0.15, -0.1) is 24.8 Å². The molecule has 4 heterocycles. The summed E-state index contributed by atoms with van der Waals surface area (Å²) in [6.07, 6.45) is 7.53. The number of halogens is 4. The van der Waals surface area contributed by atoms with E-state index in [9.17, 15) is 23.2 Å². The number of nitrogen functional groups attached to an aromatic ring is 1. The van der Waals surface area contributed by atoms with Gasteiger partial charge in [-0.2, -0.15) is 0 Å². The van der Waals surface area contributed by atoms with Crippen LogP contribution in [0.1, 0.15) is 43.6 Å². The fourth-order valence-electron chi connectivity index (χ4n) is 7.90.